The van der Waals surface area contributed by atoms with E-state index in [-0.39, 0.29) is 6.04 Å². The Bertz CT molecular complexity index is 968. The summed E-state index contributed by atoms with van der Waals surface area (Å²) in [6, 6.07) is 10.3. The summed E-state index contributed by atoms with van der Waals surface area (Å²) in [5, 5.41) is 0. The average molecular weight is 403 g/mol. The van der Waals surface area contributed by atoms with E-state index < -0.39 is 10.0 Å². The molecule has 5 nitrogen and oxygen atoms in total. The minimum atomic E-state index is -3.56. The third-order valence-electron chi connectivity index (χ3n) is 5.75. The maximum absolute atomic E-state index is 13.5. The van der Waals surface area contributed by atoms with Crippen LogP contribution in [0, 0.1) is 27.7 Å². The quantitative estimate of drug-likeness (QED) is 0.780. The lowest BCUT2D eigenvalue weighted by Crippen LogP contribution is -2.53. The molecule has 1 aliphatic heterocycles. The zero-order valence-corrected chi connectivity index (χ0v) is 18.4. The Morgan fingerprint density at radius 3 is 2.21 bits per heavy atom. The molecule has 2 aromatic rings. The molecule has 1 atom stereocenters. The Hall–Kier alpha value is -2.05. The first-order valence-corrected chi connectivity index (χ1v) is 11.1. The summed E-state index contributed by atoms with van der Waals surface area (Å²) in [7, 11) is -1.95. The number of aryl methyl sites for hydroxylation is 2. The lowest BCUT2D eigenvalue weighted by molar-refractivity contribution is 0.342. The van der Waals surface area contributed by atoms with Gasteiger partial charge in [0, 0.05) is 31.4 Å². The number of hydrogen-bond acceptors (Lipinski definition) is 4. The zero-order valence-electron chi connectivity index (χ0n) is 17.6. The van der Waals surface area contributed by atoms with Crippen molar-refractivity contribution >= 4 is 15.7 Å². The summed E-state index contributed by atoms with van der Waals surface area (Å²) >= 11 is 0. The molecule has 1 heterocycles. The molecule has 0 aliphatic carbocycles. The van der Waals surface area contributed by atoms with Crippen molar-refractivity contribution in [2.75, 3.05) is 31.6 Å². The van der Waals surface area contributed by atoms with Gasteiger partial charge in [-0.3, -0.25) is 0 Å². The molecule has 0 saturated carbocycles. The number of ether oxygens (including phenoxy) is 1. The van der Waals surface area contributed by atoms with E-state index >= 15 is 0 Å². The lowest BCUT2D eigenvalue weighted by Gasteiger charge is -2.41. The largest absolute Gasteiger partial charge is 0.496 e. The molecule has 3 rings (SSSR count). The molecule has 6 heteroatoms. The number of hydrogen-bond donors (Lipinski definition) is 0. The maximum atomic E-state index is 13.5. The van der Waals surface area contributed by atoms with Crippen LogP contribution in [0.4, 0.5) is 5.69 Å². The molecular weight excluding hydrogens is 372 g/mol. The fraction of sp³-hybridized carbons (Fsp3) is 0.455. The van der Waals surface area contributed by atoms with E-state index in [9.17, 15) is 8.42 Å². The van der Waals surface area contributed by atoms with E-state index in [4.69, 9.17) is 4.74 Å². The highest BCUT2D eigenvalue weighted by atomic mass is 32.2. The van der Waals surface area contributed by atoms with Gasteiger partial charge in [0.1, 0.15) is 5.75 Å². The minimum Gasteiger partial charge on any atom is -0.496 e. The van der Waals surface area contributed by atoms with Crippen LogP contribution in [0.25, 0.3) is 0 Å². The molecule has 1 aliphatic rings. The first-order chi connectivity index (χ1) is 13.2. The van der Waals surface area contributed by atoms with Gasteiger partial charge in [-0.05, 0) is 69.5 Å². The summed E-state index contributed by atoms with van der Waals surface area (Å²) in [5.41, 5.74) is 4.73. The molecule has 0 aromatic heterocycles. The van der Waals surface area contributed by atoms with Crippen LogP contribution >= 0.6 is 0 Å². The van der Waals surface area contributed by atoms with E-state index in [1.54, 1.807) is 11.4 Å². The number of piperazine rings is 1. The molecule has 0 amide bonds. The van der Waals surface area contributed by atoms with E-state index in [1.165, 1.54) is 5.56 Å². The topological polar surface area (TPSA) is 49.9 Å². The number of benzene rings is 2. The van der Waals surface area contributed by atoms with Gasteiger partial charge in [-0.1, -0.05) is 17.7 Å². The highest BCUT2D eigenvalue weighted by molar-refractivity contribution is 7.89. The molecule has 2 aromatic carbocycles. The molecule has 0 spiro atoms. The predicted molar refractivity (Wildman–Crippen MR) is 114 cm³/mol. The molecule has 1 unspecified atom stereocenters. The first-order valence-electron chi connectivity index (χ1n) is 9.65. The van der Waals surface area contributed by atoms with Gasteiger partial charge in [0.15, 0.2) is 0 Å². The molecule has 0 bridgehead atoms. The normalized spacial score (nSPS) is 18.4. The number of rotatable bonds is 4. The number of methoxy groups -OCH3 is 1. The van der Waals surface area contributed by atoms with E-state index in [0.717, 1.165) is 28.1 Å². The van der Waals surface area contributed by atoms with Crippen molar-refractivity contribution in [1.82, 2.24) is 4.31 Å². The van der Waals surface area contributed by atoms with Crippen molar-refractivity contribution < 1.29 is 13.2 Å². The summed E-state index contributed by atoms with van der Waals surface area (Å²) in [5.74, 6) is 0.728. The number of sulfonamides is 1. The van der Waals surface area contributed by atoms with Crippen molar-refractivity contribution in [2.45, 2.75) is 45.6 Å². The molecule has 0 N–H and O–H groups in total. The van der Waals surface area contributed by atoms with Crippen LogP contribution in [0.3, 0.4) is 0 Å². The van der Waals surface area contributed by atoms with Gasteiger partial charge in [0.05, 0.1) is 12.0 Å². The second-order valence-corrected chi connectivity index (χ2v) is 9.59. The van der Waals surface area contributed by atoms with Gasteiger partial charge in [-0.2, -0.15) is 4.31 Å². The summed E-state index contributed by atoms with van der Waals surface area (Å²) in [4.78, 5) is 2.70. The number of nitrogens with zero attached hydrogens (tertiary/aromatic N) is 2. The highest BCUT2D eigenvalue weighted by Crippen LogP contribution is 2.33. The van der Waals surface area contributed by atoms with Crippen LogP contribution in [0.15, 0.2) is 35.2 Å². The van der Waals surface area contributed by atoms with E-state index in [0.29, 0.717) is 24.5 Å². The Balaban J connectivity index is 1.89. The molecule has 28 heavy (non-hydrogen) atoms. The van der Waals surface area contributed by atoms with E-state index in [2.05, 4.69) is 43.0 Å². The second kappa shape index (κ2) is 7.76. The smallest absolute Gasteiger partial charge is 0.243 e. The molecule has 152 valence electrons. The fourth-order valence-corrected chi connectivity index (χ4v) is 6.02. The van der Waals surface area contributed by atoms with Crippen LogP contribution in [0.5, 0.6) is 5.75 Å². The monoisotopic (exact) mass is 402 g/mol. The first kappa shape index (κ1) is 20.7. The molecule has 0 radical (unpaired) electrons. The Labute approximate surface area is 169 Å². The van der Waals surface area contributed by atoms with Crippen LogP contribution in [0.2, 0.25) is 0 Å². The third-order valence-corrected chi connectivity index (χ3v) is 7.91. The van der Waals surface area contributed by atoms with Crippen LogP contribution < -0.4 is 9.64 Å². The van der Waals surface area contributed by atoms with Crippen molar-refractivity contribution in [1.29, 1.82) is 0 Å². The second-order valence-electron chi connectivity index (χ2n) is 7.72. The van der Waals surface area contributed by atoms with Gasteiger partial charge in [-0.15, -0.1) is 0 Å². The summed E-state index contributed by atoms with van der Waals surface area (Å²) < 4.78 is 34.0. The standard InChI is InChI=1S/C22H30N2O3S/c1-15-7-9-20(10-8-15)24-12-11-23(14-17(24)3)28(25,26)22-16(2)13-21(27-6)18(4)19(22)5/h7-10,13,17H,11-12,14H2,1-6H3. The molecule has 1 saturated heterocycles. The average Bonchev–Trinajstić information content (AvgIpc) is 2.65. The van der Waals surface area contributed by atoms with Crippen molar-refractivity contribution in [2.24, 2.45) is 0 Å². The Morgan fingerprint density at radius 1 is 1.00 bits per heavy atom. The minimum absolute atomic E-state index is 0.103. The third kappa shape index (κ3) is 3.63. The molecular formula is C22H30N2O3S. The van der Waals surface area contributed by atoms with E-state index in [1.807, 2.05) is 26.8 Å². The summed E-state index contributed by atoms with van der Waals surface area (Å²) in [6.07, 6.45) is 0. The molecule has 1 fully saturated rings. The lowest BCUT2D eigenvalue weighted by atomic mass is 10.1. The predicted octanol–water partition coefficient (Wildman–Crippen LogP) is 3.83. The van der Waals surface area contributed by atoms with Gasteiger partial charge in [0.2, 0.25) is 10.0 Å². The Morgan fingerprint density at radius 2 is 1.64 bits per heavy atom. The van der Waals surface area contributed by atoms with Gasteiger partial charge in [-0.25, -0.2) is 8.42 Å². The fourth-order valence-electron chi connectivity index (χ4n) is 4.02. The van der Waals surface area contributed by atoms with Crippen LogP contribution in [-0.2, 0) is 10.0 Å². The highest BCUT2D eigenvalue weighted by Gasteiger charge is 2.34. The Kier molecular flexibility index (Phi) is 5.73. The van der Waals surface area contributed by atoms with Crippen molar-refractivity contribution in [3.05, 3.63) is 52.6 Å². The van der Waals surface area contributed by atoms with Gasteiger partial charge >= 0.3 is 0 Å². The van der Waals surface area contributed by atoms with Gasteiger partial charge < -0.3 is 9.64 Å². The SMILES string of the molecule is COc1cc(C)c(S(=O)(=O)N2CCN(c3ccc(C)cc3)C(C)C2)c(C)c1C. The zero-order chi connectivity index (χ0) is 20.6. The van der Waals surface area contributed by atoms with Crippen molar-refractivity contribution in [3.63, 3.8) is 0 Å². The van der Waals surface area contributed by atoms with Gasteiger partial charge in [0.25, 0.3) is 0 Å². The van der Waals surface area contributed by atoms with Crippen LogP contribution in [-0.4, -0.2) is 45.5 Å². The van der Waals surface area contributed by atoms with Crippen molar-refractivity contribution in [3.8, 4) is 5.75 Å². The number of anilines is 1. The van der Waals surface area contributed by atoms with Crippen LogP contribution in [0.1, 0.15) is 29.2 Å². The maximum Gasteiger partial charge on any atom is 0.243 e. The summed E-state index contributed by atoms with van der Waals surface area (Å²) in [6.45, 7) is 11.4.